The maximum atomic E-state index is 10.8. The molecule has 2 amide bonds. The van der Waals surface area contributed by atoms with Crippen LogP contribution in [0.5, 0.6) is 0 Å². The van der Waals surface area contributed by atoms with Crippen molar-refractivity contribution in [1.82, 2.24) is 4.90 Å². The van der Waals surface area contributed by atoms with Gasteiger partial charge in [-0.3, -0.25) is 14.5 Å². The number of carbonyl (C=O) groups excluding carboxylic acids is 2. The first-order valence-electron chi connectivity index (χ1n) is 4.63. The van der Waals surface area contributed by atoms with Gasteiger partial charge < -0.3 is 0 Å². The number of carbonyl (C=O) groups is 2. The van der Waals surface area contributed by atoms with E-state index in [9.17, 15) is 9.59 Å². The summed E-state index contributed by atoms with van der Waals surface area (Å²) < 4.78 is 0. The van der Waals surface area contributed by atoms with Gasteiger partial charge in [0.1, 0.15) is 0 Å². The molecule has 0 N–H and O–H groups in total. The summed E-state index contributed by atoms with van der Waals surface area (Å²) in [4.78, 5) is 22.5. The summed E-state index contributed by atoms with van der Waals surface area (Å²) in [5.41, 5.74) is 0.516. The Labute approximate surface area is 80.4 Å². The highest BCUT2D eigenvalue weighted by Crippen LogP contribution is 2.07. The maximum Gasteiger partial charge on any atom is 0.256 e. The normalized spacial score (nSPS) is 14.0. The quantitative estimate of drug-likeness (QED) is 0.541. The van der Waals surface area contributed by atoms with Gasteiger partial charge in [-0.15, -0.1) is 0 Å². The monoisotopic (exact) mass is 185 g/mol. The van der Waals surface area contributed by atoms with Gasteiger partial charge in [-0.1, -0.05) is 27.7 Å². The number of imide groups is 1. The number of likely N-dealkylation sites (N-methyl/N-ethyl adjacent to an activating group) is 1. The number of amides is 2. The van der Waals surface area contributed by atoms with Crippen molar-refractivity contribution < 1.29 is 9.59 Å². The topological polar surface area (TPSA) is 37.4 Å². The van der Waals surface area contributed by atoms with E-state index in [0.717, 1.165) is 4.90 Å². The van der Waals surface area contributed by atoms with Gasteiger partial charge in [0, 0.05) is 18.7 Å². The van der Waals surface area contributed by atoms with Crippen LogP contribution in [0.2, 0.25) is 0 Å². The van der Waals surface area contributed by atoms with E-state index in [2.05, 4.69) is 0 Å². The van der Waals surface area contributed by atoms with Crippen LogP contribution in [0.1, 0.15) is 34.6 Å². The van der Waals surface area contributed by atoms with E-state index >= 15 is 0 Å². The van der Waals surface area contributed by atoms with Gasteiger partial charge in [0.05, 0.1) is 0 Å². The third-order valence-corrected chi connectivity index (χ3v) is 1.31. The van der Waals surface area contributed by atoms with Crippen LogP contribution in [-0.4, -0.2) is 23.8 Å². The van der Waals surface area contributed by atoms with Crippen molar-refractivity contribution in [3.05, 3.63) is 11.6 Å². The molecule has 0 aromatic heterocycles. The van der Waals surface area contributed by atoms with E-state index in [1.165, 1.54) is 13.1 Å². The molecule has 76 valence electrons. The van der Waals surface area contributed by atoms with Gasteiger partial charge in [-0.2, -0.15) is 0 Å². The zero-order valence-electron chi connectivity index (χ0n) is 9.34. The van der Waals surface area contributed by atoms with Crippen LogP contribution in [0.25, 0.3) is 0 Å². The molecule has 0 spiro atoms. The van der Waals surface area contributed by atoms with Crippen LogP contribution in [-0.2, 0) is 9.59 Å². The van der Waals surface area contributed by atoms with Gasteiger partial charge in [0.2, 0.25) is 0 Å². The predicted octanol–water partition coefficient (Wildman–Crippen LogP) is 1.98. The average molecular weight is 185 g/mol. The third-order valence-electron chi connectivity index (χ3n) is 1.31. The van der Waals surface area contributed by atoms with E-state index < -0.39 is 0 Å². The molecule has 0 radical (unpaired) electrons. The SMILES string of the molecule is CC.CC.CC1=CC(=O)N(C)C1=O. The van der Waals surface area contributed by atoms with E-state index in [1.807, 2.05) is 27.7 Å². The highest BCUT2D eigenvalue weighted by Gasteiger charge is 2.23. The minimum Gasteiger partial charge on any atom is -0.278 e. The first-order chi connectivity index (χ1) is 6.13. The van der Waals surface area contributed by atoms with Crippen LogP contribution < -0.4 is 0 Å². The second kappa shape index (κ2) is 7.53. The maximum absolute atomic E-state index is 10.8. The molecule has 1 aliphatic heterocycles. The van der Waals surface area contributed by atoms with Crippen LogP contribution in [0.4, 0.5) is 0 Å². The van der Waals surface area contributed by atoms with Crippen molar-refractivity contribution in [3.63, 3.8) is 0 Å². The number of nitrogens with zero attached hydrogens (tertiary/aromatic N) is 1. The fraction of sp³-hybridized carbons (Fsp3) is 0.600. The summed E-state index contributed by atoms with van der Waals surface area (Å²) in [5, 5.41) is 0. The standard InChI is InChI=1S/C6H7NO2.2C2H6/c1-4-3-5(8)7(2)6(4)9;2*1-2/h3H,1-2H3;2*1-2H3. The lowest BCUT2D eigenvalue weighted by Gasteiger charge is -2.03. The number of hydrogen-bond donors (Lipinski definition) is 0. The van der Waals surface area contributed by atoms with Crippen LogP contribution in [0, 0.1) is 0 Å². The molecule has 0 atom stereocenters. The molecule has 0 bridgehead atoms. The Balaban J connectivity index is 0. The lowest BCUT2D eigenvalue weighted by atomic mass is 10.3. The molecular formula is C10H19NO2. The van der Waals surface area contributed by atoms with Gasteiger partial charge in [-0.25, -0.2) is 0 Å². The molecule has 0 saturated carbocycles. The van der Waals surface area contributed by atoms with Gasteiger partial charge in [0.15, 0.2) is 0 Å². The fourth-order valence-electron chi connectivity index (χ4n) is 0.708. The molecule has 1 heterocycles. The zero-order valence-corrected chi connectivity index (χ0v) is 9.34. The largest absolute Gasteiger partial charge is 0.278 e. The predicted molar refractivity (Wildman–Crippen MR) is 54.2 cm³/mol. The van der Waals surface area contributed by atoms with Crippen LogP contribution in [0.3, 0.4) is 0 Å². The summed E-state index contributed by atoms with van der Waals surface area (Å²) >= 11 is 0. The van der Waals surface area contributed by atoms with E-state index in [1.54, 1.807) is 6.92 Å². The molecule has 13 heavy (non-hydrogen) atoms. The van der Waals surface area contributed by atoms with Crippen molar-refractivity contribution >= 4 is 11.8 Å². The van der Waals surface area contributed by atoms with Crippen molar-refractivity contribution in [2.45, 2.75) is 34.6 Å². The molecule has 1 rings (SSSR count). The van der Waals surface area contributed by atoms with Crippen molar-refractivity contribution in [2.75, 3.05) is 7.05 Å². The summed E-state index contributed by atoms with van der Waals surface area (Å²) in [6.07, 6.45) is 1.34. The molecule has 0 aromatic rings. The van der Waals surface area contributed by atoms with Gasteiger partial charge in [-0.05, 0) is 6.92 Å². The Morgan fingerprint density at radius 3 is 1.54 bits per heavy atom. The van der Waals surface area contributed by atoms with E-state index in [4.69, 9.17) is 0 Å². The fourth-order valence-corrected chi connectivity index (χ4v) is 0.708. The molecular weight excluding hydrogens is 166 g/mol. The minimum absolute atomic E-state index is 0.194. The van der Waals surface area contributed by atoms with Crippen LogP contribution >= 0.6 is 0 Å². The second-order valence-electron chi connectivity index (χ2n) is 2.03. The van der Waals surface area contributed by atoms with Gasteiger partial charge in [0.25, 0.3) is 11.8 Å². The highest BCUT2D eigenvalue weighted by molar-refractivity contribution is 6.15. The lowest BCUT2D eigenvalue weighted by molar-refractivity contribution is -0.135. The zero-order chi connectivity index (χ0) is 11.0. The Bertz CT molecular complexity index is 207. The van der Waals surface area contributed by atoms with Crippen molar-refractivity contribution in [1.29, 1.82) is 0 Å². The van der Waals surface area contributed by atoms with E-state index in [0.29, 0.717) is 5.57 Å². The Morgan fingerprint density at radius 1 is 1.08 bits per heavy atom. The molecule has 3 nitrogen and oxygen atoms in total. The first-order valence-corrected chi connectivity index (χ1v) is 4.63. The number of hydrogen-bond acceptors (Lipinski definition) is 2. The minimum atomic E-state index is -0.225. The van der Waals surface area contributed by atoms with Crippen molar-refractivity contribution in [2.24, 2.45) is 0 Å². The smallest absolute Gasteiger partial charge is 0.256 e. The molecule has 0 saturated heterocycles. The molecule has 0 aromatic carbocycles. The van der Waals surface area contributed by atoms with E-state index in [-0.39, 0.29) is 11.8 Å². The Hall–Kier alpha value is -1.12. The first kappa shape index (κ1) is 14.4. The van der Waals surface area contributed by atoms with Crippen molar-refractivity contribution in [3.8, 4) is 0 Å². The summed E-state index contributed by atoms with van der Waals surface area (Å²) in [5.74, 6) is -0.419. The molecule has 0 unspecified atom stereocenters. The summed E-state index contributed by atoms with van der Waals surface area (Å²) in [6.45, 7) is 9.63. The lowest BCUT2D eigenvalue weighted by Crippen LogP contribution is -2.25. The summed E-state index contributed by atoms with van der Waals surface area (Å²) in [6, 6.07) is 0. The Kier molecular flexibility index (Phi) is 8.34. The second-order valence-corrected chi connectivity index (χ2v) is 2.03. The highest BCUT2D eigenvalue weighted by atomic mass is 16.2. The summed E-state index contributed by atoms with van der Waals surface area (Å²) in [7, 11) is 1.47. The van der Waals surface area contributed by atoms with Gasteiger partial charge >= 0.3 is 0 Å². The van der Waals surface area contributed by atoms with Crippen LogP contribution in [0.15, 0.2) is 11.6 Å². The Morgan fingerprint density at radius 2 is 1.46 bits per heavy atom. The number of rotatable bonds is 0. The molecule has 0 aliphatic carbocycles. The third kappa shape index (κ3) is 3.87. The molecule has 1 aliphatic rings. The molecule has 0 fully saturated rings. The average Bonchev–Trinajstić information content (AvgIpc) is 2.40. The molecule has 3 heteroatoms.